The number of amidine groups is 1. The highest BCUT2D eigenvalue weighted by Crippen LogP contribution is 2.37. The Bertz CT molecular complexity index is 1150. The van der Waals surface area contributed by atoms with Crippen LogP contribution in [0.15, 0.2) is 77.9 Å². The van der Waals surface area contributed by atoms with Gasteiger partial charge >= 0.3 is 0 Å². The van der Waals surface area contributed by atoms with E-state index in [1.165, 1.54) is 5.56 Å². The van der Waals surface area contributed by atoms with Crippen LogP contribution in [0.4, 0.5) is 4.39 Å². The molecule has 2 aliphatic heterocycles. The first-order valence-electron chi connectivity index (χ1n) is 12.1. The van der Waals surface area contributed by atoms with Gasteiger partial charge in [-0.15, -0.1) is 0 Å². The number of piperazine rings is 1. The molecular weight excluding hydrogens is 463 g/mol. The summed E-state index contributed by atoms with van der Waals surface area (Å²) in [6.07, 6.45) is 4.90. The summed E-state index contributed by atoms with van der Waals surface area (Å²) >= 11 is 6.65. The molecule has 5 nitrogen and oxygen atoms in total. The van der Waals surface area contributed by atoms with Crippen molar-refractivity contribution in [2.75, 3.05) is 33.3 Å². The first-order valence-corrected chi connectivity index (χ1v) is 12.5. The molecule has 2 aliphatic rings. The van der Waals surface area contributed by atoms with Crippen molar-refractivity contribution in [1.29, 1.82) is 0 Å². The van der Waals surface area contributed by atoms with Crippen LogP contribution in [0, 0.1) is 0 Å². The molecule has 0 radical (unpaired) electrons. The summed E-state index contributed by atoms with van der Waals surface area (Å²) in [6.45, 7) is 9.88. The molecular formula is C28H34ClFN4O. The van der Waals surface area contributed by atoms with Gasteiger partial charge in [-0.3, -0.25) is 0 Å². The molecule has 4 rings (SSSR count). The Labute approximate surface area is 212 Å². The lowest BCUT2D eigenvalue weighted by molar-refractivity contribution is 0.219. The van der Waals surface area contributed by atoms with Gasteiger partial charge in [0.2, 0.25) is 0 Å². The number of allylic oxidation sites excluding steroid dienone is 1. The van der Waals surface area contributed by atoms with Crippen LogP contribution in [-0.4, -0.2) is 55.1 Å². The summed E-state index contributed by atoms with van der Waals surface area (Å²) in [5.74, 6) is 0.690. The van der Waals surface area contributed by atoms with E-state index in [4.69, 9.17) is 27.1 Å². The maximum Gasteiger partial charge on any atom is 0.138 e. The van der Waals surface area contributed by atoms with E-state index in [0.29, 0.717) is 37.8 Å². The molecule has 0 spiro atoms. The second-order valence-corrected chi connectivity index (χ2v) is 9.63. The Morgan fingerprint density at radius 1 is 1.11 bits per heavy atom. The van der Waals surface area contributed by atoms with Gasteiger partial charge in [-0.25, -0.2) is 9.38 Å². The second kappa shape index (κ2) is 11.3. The van der Waals surface area contributed by atoms with Crippen molar-refractivity contribution in [2.45, 2.75) is 37.8 Å². The third kappa shape index (κ3) is 5.71. The van der Waals surface area contributed by atoms with Crippen molar-refractivity contribution in [3.8, 4) is 0 Å². The maximum atomic E-state index is 13.6. The van der Waals surface area contributed by atoms with Crippen molar-refractivity contribution in [2.24, 2.45) is 10.7 Å². The quantitative estimate of drug-likeness (QED) is 0.418. The number of benzene rings is 2. The predicted molar refractivity (Wildman–Crippen MR) is 143 cm³/mol. The number of hydrogen-bond acceptors (Lipinski definition) is 5. The molecule has 1 saturated heterocycles. The highest BCUT2D eigenvalue weighted by Gasteiger charge is 2.27. The number of nitrogens with zero attached hydrogens (tertiary/aromatic N) is 3. The van der Waals surface area contributed by atoms with Gasteiger partial charge in [0.15, 0.2) is 0 Å². The monoisotopic (exact) mass is 496 g/mol. The number of fused-ring (bicyclic) bond motifs is 1. The molecule has 2 heterocycles. The van der Waals surface area contributed by atoms with E-state index in [1.54, 1.807) is 13.4 Å². The number of ether oxygens (including phenoxy) is 1. The topological polar surface area (TPSA) is 54.1 Å². The third-order valence-corrected chi connectivity index (χ3v) is 7.32. The summed E-state index contributed by atoms with van der Waals surface area (Å²) in [4.78, 5) is 9.10. The predicted octanol–water partition coefficient (Wildman–Crippen LogP) is 5.98. The van der Waals surface area contributed by atoms with Crippen molar-refractivity contribution in [1.82, 2.24) is 9.80 Å². The van der Waals surface area contributed by atoms with Gasteiger partial charge in [-0.1, -0.05) is 55.1 Å². The third-order valence-electron chi connectivity index (χ3n) is 7.01. The van der Waals surface area contributed by atoms with Crippen LogP contribution in [0.1, 0.15) is 37.2 Å². The molecule has 2 aromatic rings. The normalized spacial score (nSPS) is 24.3. The first kappa shape index (κ1) is 25.3. The lowest BCUT2D eigenvalue weighted by atomic mass is 9.85. The zero-order valence-electron chi connectivity index (χ0n) is 20.4. The van der Waals surface area contributed by atoms with Crippen LogP contribution in [0.2, 0.25) is 5.02 Å². The molecule has 186 valence electrons. The van der Waals surface area contributed by atoms with E-state index in [9.17, 15) is 4.39 Å². The van der Waals surface area contributed by atoms with Crippen LogP contribution in [-0.2, 0) is 4.74 Å². The molecule has 2 N–H and O–H groups in total. The van der Waals surface area contributed by atoms with Crippen molar-refractivity contribution < 1.29 is 9.13 Å². The Balaban J connectivity index is 1.58. The number of hydrogen-bond donors (Lipinski definition) is 1. The SMILES string of the molecule is C=C(F)C(=C)N1CCN(/C2=N/C(N)CCC(c3cccc4cccc(Cl)c34)CC\C2=C\OC)CC1. The van der Waals surface area contributed by atoms with Crippen LogP contribution in [0.5, 0.6) is 0 Å². The summed E-state index contributed by atoms with van der Waals surface area (Å²) in [5, 5.41) is 3.06. The number of methoxy groups -OCH3 is 1. The van der Waals surface area contributed by atoms with Crippen LogP contribution < -0.4 is 5.73 Å². The average Bonchev–Trinajstić information content (AvgIpc) is 2.93. The minimum absolute atomic E-state index is 0.301. The van der Waals surface area contributed by atoms with Gasteiger partial charge < -0.3 is 20.3 Å². The van der Waals surface area contributed by atoms with E-state index in [1.807, 2.05) is 17.0 Å². The Morgan fingerprint density at radius 3 is 2.51 bits per heavy atom. The molecule has 1 fully saturated rings. The van der Waals surface area contributed by atoms with Gasteiger partial charge in [0.1, 0.15) is 11.7 Å². The summed E-state index contributed by atoms with van der Waals surface area (Å²) in [7, 11) is 1.66. The molecule has 0 amide bonds. The zero-order valence-corrected chi connectivity index (χ0v) is 21.1. The van der Waals surface area contributed by atoms with E-state index < -0.39 is 5.83 Å². The number of nitrogens with two attached hydrogens (primary N) is 1. The van der Waals surface area contributed by atoms with Gasteiger partial charge in [0.25, 0.3) is 0 Å². The molecule has 2 aromatic carbocycles. The molecule has 0 aliphatic carbocycles. The fraction of sp³-hybridized carbons (Fsp3) is 0.393. The lowest BCUT2D eigenvalue weighted by Gasteiger charge is -2.38. The Kier molecular flexibility index (Phi) is 8.14. The Morgan fingerprint density at radius 2 is 1.83 bits per heavy atom. The van der Waals surface area contributed by atoms with Gasteiger partial charge in [-0.2, -0.15) is 0 Å². The summed E-state index contributed by atoms with van der Waals surface area (Å²) in [6, 6.07) is 12.5. The summed E-state index contributed by atoms with van der Waals surface area (Å²) in [5.41, 5.74) is 9.18. The average molecular weight is 497 g/mol. The van der Waals surface area contributed by atoms with E-state index >= 15 is 0 Å². The smallest absolute Gasteiger partial charge is 0.138 e. The van der Waals surface area contributed by atoms with Crippen molar-refractivity contribution in [3.63, 3.8) is 0 Å². The largest absolute Gasteiger partial charge is 0.504 e. The summed E-state index contributed by atoms with van der Waals surface area (Å²) < 4.78 is 19.0. The molecule has 0 bridgehead atoms. The minimum atomic E-state index is -0.486. The van der Waals surface area contributed by atoms with Gasteiger partial charge in [-0.05, 0) is 48.6 Å². The molecule has 2 unspecified atom stereocenters. The molecule has 7 heteroatoms. The standard InChI is InChI=1S/C28H34ClFN4O/c1-19(30)20(2)33-14-16-34(17-15-33)28-23(18-35-3)11-10-21(12-13-26(31)32-28)24-8-4-6-22-7-5-9-25(29)27(22)24/h4-9,18,21,26H,1-2,10-17,31H2,3H3/b23-18-,32-28+. The van der Waals surface area contributed by atoms with Crippen LogP contribution >= 0.6 is 11.6 Å². The number of aliphatic imine (C=N–C) groups is 1. The fourth-order valence-corrected chi connectivity index (χ4v) is 5.43. The minimum Gasteiger partial charge on any atom is -0.504 e. The highest BCUT2D eigenvalue weighted by atomic mass is 35.5. The van der Waals surface area contributed by atoms with Crippen molar-refractivity contribution in [3.05, 3.63) is 83.5 Å². The lowest BCUT2D eigenvalue weighted by Crippen LogP contribution is -2.49. The van der Waals surface area contributed by atoms with Crippen LogP contribution in [0.25, 0.3) is 10.8 Å². The van der Waals surface area contributed by atoms with Crippen LogP contribution in [0.3, 0.4) is 0 Å². The number of rotatable bonds is 4. The first-order chi connectivity index (χ1) is 16.9. The molecule has 35 heavy (non-hydrogen) atoms. The molecule has 0 aromatic heterocycles. The number of halogens is 2. The van der Waals surface area contributed by atoms with Crippen molar-refractivity contribution >= 4 is 28.2 Å². The second-order valence-electron chi connectivity index (χ2n) is 9.22. The van der Waals surface area contributed by atoms with Gasteiger partial charge in [0, 0.05) is 42.2 Å². The maximum absolute atomic E-state index is 13.6. The highest BCUT2D eigenvalue weighted by molar-refractivity contribution is 6.35. The van der Waals surface area contributed by atoms with E-state index in [-0.39, 0.29) is 6.17 Å². The van der Waals surface area contributed by atoms with E-state index in [0.717, 1.165) is 52.9 Å². The zero-order chi connectivity index (χ0) is 24.9. The molecule has 2 atom stereocenters. The Hall–Kier alpha value is -2.83. The fourth-order valence-electron chi connectivity index (χ4n) is 5.13. The molecule has 0 saturated carbocycles. The van der Waals surface area contributed by atoms with E-state index in [2.05, 4.69) is 42.3 Å². The van der Waals surface area contributed by atoms with Gasteiger partial charge in [0.05, 0.1) is 25.2 Å².